The maximum Gasteiger partial charge on any atom is 0.461 e. The lowest BCUT2D eigenvalue weighted by Gasteiger charge is -2.38. The summed E-state index contributed by atoms with van der Waals surface area (Å²) in [5.74, 6) is -49.1. The minimum Gasteiger partial charge on any atom is -0.475 e. The van der Waals surface area contributed by atoms with Crippen molar-refractivity contribution in [2.75, 3.05) is 13.2 Å². The van der Waals surface area contributed by atoms with E-state index in [1.165, 1.54) is 0 Å². The smallest absolute Gasteiger partial charge is 0.461 e. The van der Waals surface area contributed by atoms with Crippen LogP contribution in [0.3, 0.4) is 0 Å². The van der Waals surface area contributed by atoms with Crippen LogP contribution in [0.2, 0.25) is 0 Å². The second kappa shape index (κ2) is 11.9. The fourth-order valence-electron chi connectivity index (χ4n) is 2.62. The highest BCUT2D eigenvalue weighted by atomic mass is 32.2. The summed E-state index contributed by atoms with van der Waals surface area (Å²) in [5, 5.41) is 4.06. The molecule has 0 saturated carbocycles. The molecule has 0 N–H and O–H groups in total. The van der Waals surface area contributed by atoms with Crippen LogP contribution in [-0.4, -0.2) is 85.9 Å². The van der Waals surface area contributed by atoms with Crippen LogP contribution in [0.4, 0.5) is 89.1 Å². The number of alkyl halides is 19. The number of rotatable bonds is 14. The maximum atomic E-state index is 13.8. The average molecular weight is 743 g/mol. The molecule has 1 aromatic rings. The number of carbonyl (C=O) groups excluding carboxylic acids is 1. The summed E-state index contributed by atoms with van der Waals surface area (Å²) in [6, 6.07) is -1.22. The summed E-state index contributed by atoms with van der Waals surface area (Å²) in [6.45, 7) is -5.55. The molecular formula is C18H8F19NO7S. The van der Waals surface area contributed by atoms with E-state index in [1.54, 1.807) is 0 Å². The van der Waals surface area contributed by atoms with Crippen molar-refractivity contribution in [1.29, 1.82) is 0 Å². The first-order valence-electron chi connectivity index (χ1n) is 10.4. The molecule has 0 amide bonds. The van der Waals surface area contributed by atoms with Gasteiger partial charge in [-0.25, -0.2) is 22.0 Å². The molecule has 0 aromatic heterocycles. The number of ether oxygens (including phenoxy) is 2. The highest BCUT2D eigenvalue weighted by Gasteiger charge is 2.88. The molecule has 0 bridgehead atoms. The zero-order valence-corrected chi connectivity index (χ0v) is 21.4. The van der Waals surface area contributed by atoms with Gasteiger partial charge in [-0.2, -0.15) is 74.6 Å². The van der Waals surface area contributed by atoms with Crippen LogP contribution in [0.15, 0.2) is 23.1 Å². The Labute approximate surface area is 239 Å². The van der Waals surface area contributed by atoms with Crippen LogP contribution in [0.25, 0.3) is 0 Å². The van der Waals surface area contributed by atoms with Crippen molar-refractivity contribution in [3.63, 3.8) is 0 Å². The van der Waals surface area contributed by atoms with Gasteiger partial charge in [-0.15, -0.1) is 0 Å². The number of nitro benzene ring substituents is 1. The Morgan fingerprint density at radius 2 is 1.26 bits per heavy atom. The Morgan fingerprint density at radius 1 is 0.783 bits per heavy atom. The predicted octanol–water partition coefficient (Wildman–Crippen LogP) is 6.52. The molecule has 0 radical (unpaired) electrons. The van der Waals surface area contributed by atoms with E-state index in [4.69, 9.17) is 0 Å². The summed E-state index contributed by atoms with van der Waals surface area (Å²) in [5.41, 5.74) is -1.97. The van der Waals surface area contributed by atoms with Crippen LogP contribution in [0.1, 0.15) is 0 Å². The van der Waals surface area contributed by atoms with Gasteiger partial charge in [0.05, 0.1) is 9.82 Å². The lowest BCUT2D eigenvalue weighted by atomic mass is 9.94. The Morgan fingerprint density at radius 3 is 1.67 bits per heavy atom. The third kappa shape index (κ3) is 6.39. The molecule has 0 fully saturated rings. The van der Waals surface area contributed by atoms with Gasteiger partial charge in [-0.05, 0) is 12.1 Å². The van der Waals surface area contributed by atoms with Gasteiger partial charge in [0.2, 0.25) is 0 Å². The van der Waals surface area contributed by atoms with E-state index < -0.39 is 110 Å². The van der Waals surface area contributed by atoms with E-state index in [9.17, 15) is 107 Å². The summed E-state index contributed by atoms with van der Waals surface area (Å²) in [4.78, 5) is 18.4. The Balaban J connectivity index is 3.25. The van der Waals surface area contributed by atoms with Crippen LogP contribution < -0.4 is 4.74 Å². The van der Waals surface area contributed by atoms with E-state index in [-0.39, 0.29) is 12.1 Å². The van der Waals surface area contributed by atoms with Gasteiger partial charge in [0.15, 0.2) is 19.0 Å². The normalized spacial score (nSPS) is 14.8. The number of sulfone groups is 1. The minimum absolute atomic E-state index is 0.200. The molecule has 0 saturated heterocycles. The number of esters is 1. The molecule has 0 heterocycles. The SMILES string of the molecule is O=C(COc1ccc(S(=O)(=O)C(F)(F)C(F)(F)C(F)(F)F)cc1[N+](=O)[O-])OCC(F)(F)C(F)(F)C(F)(F)C(F)(F)C(F)(F)C(F)F. The average Bonchev–Trinajstić information content (AvgIpc) is 2.88. The van der Waals surface area contributed by atoms with Crippen LogP contribution in [0, 0.1) is 10.1 Å². The highest BCUT2D eigenvalue weighted by molar-refractivity contribution is 7.92. The minimum atomic E-state index is -7.99. The first-order valence-corrected chi connectivity index (χ1v) is 11.9. The second-order valence-electron chi connectivity index (χ2n) is 8.28. The Bertz CT molecular complexity index is 1430. The van der Waals surface area contributed by atoms with Gasteiger partial charge in [-0.1, -0.05) is 0 Å². The second-order valence-corrected chi connectivity index (χ2v) is 10.3. The third-order valence-corrected chi connectivity index (χ3v) is 7.00. The lowest BCUT2D eigenvalue weighted by molar-refractivity contribution is -0.414. The Kier molecular flexibility index (Phi) is 10.5. The number of carbonyl (C=O) groups is 1. The summed E-state index contributed by atoms with van der Waals surface area (Å²) in [7, 11) is -7.17. The van der Waals surface area contributed by atoms with Crippen molar-refractivity contribution in [3.8, 4) is 5.75 Å². The van der Waals surface area contributed by atoms with Crippen molar-refractivity contribution in [3.05, 3.63) is 28.3 Å². The molecule has 0 atom stereocenters. The van der Waals surface area contributed by atoms with Gasteiger partial charge in [-0.3, -0.25) is 10.1 Å². The predicted molar refractivity (Wildman–Crippen MR) is 103 cm³/mol. The van der Waals surface area contributed by atoms with Gasteiger partial charge < -0.3 is 9.47 Å². The molecular weight excluding hydrogens is 735 g/mol. The van der Waals surface area contributed by atoms with E-state index in [0.29, 0.717) is 0 Å². The maximum absolute atomic E-state index is 13.8. The molecule has 0 aliphatic carbocycles. The first-order chi connectivity index (χ1) is 20.1. The topological polar surface area (TPSA) is 113 Å². The van der Waals surface area contributed by atoms with Crippen molar-refractivity contribution in [2.45, 2.75) is 58.3 Å². The molecule has 28 heteroatoms. The molecule has 1 aromatic carbocycles. The molecule has 266 valence electrons. The number of benzene rings is 1. The highest BCUT2D eigenvalue weighted by Crippen LogP contribution is 2.58. The number of halogens is 19. The van der Waals surface area contributed by atoms with Crippen molar-refractivity contribution in [1.82, 2.24) is 0 Å². The van der Waals surface area contributed by atoms with Crippen LogP contribution >= 0.6 is 0 Å². The zero-order valence-electron chi connectivity index (χ0n) is 20.6. The number of nitro groups is 1. The summed E-state index contributed by atoms with van der Waals surface area (Å²) < 4.78 is 279. The third-order valence-electron chi connectivity index (χ3n) is 5.20. The lowest BCUT2D eigenvalue weighted by Crippen LogP contribution is -2.69. The van der Waals surface area contributed by atoms with Crippen molar-refractivity contribution < 1.29 is 111 Å². The van der Waals surface area contributed by atoms with E-state index in [0.717, 1.165) is 0 Å². The quantitative estimate of drug-likeness (QED) is 0.0924. The van der Waals surface area contributed by atoms with Crippen molar-refractivity contribution >= 4 is 21.5 Å². The van der Waals surface area contributed by atoms with E-state index in [1.807, 2.05) is 0 Å². The largest absolute Gasteiger partial charge is 0.475 e. The molecule has 46 heavy (non-hydrogen) atoms. The Hall–Kier alpha value is -3.49. The first kappa shape index (κ1) is 40.5. The number of hydrogen-bond acceptors (Lipinski definition) is 7. The van der Waals surface area contributed by atoms with Gasteiger partial charge in [0, 0.05) is 6.07 Å². The van der Waals surface area contributed by atoms with E-state index >= 15 is 0 Å². The molecule has 1 rings (SSSR count). The number of hydrogen-bond donors (Lipinski definition) is 0. The van der Waals surface area contributed by atoms with Crippen LogP contribution in [0.5, 0.6) is 5.75 Å². The zero-order chi connectivity index (χ0) is 36.9. The molecule has 8 nitrogen and oxygen atoms in total. The van der Waals surface area contributed by atoms with Crippen molar-refractivity contribution in [2.24, 2.45) is 0 Å². The fraction of sp³-hybridized carbons (Fsp3) is 0.611. The summed E-state index contributed by atoms with van der Waals surface area (Å²) in [6.07, 6.45) is -13.0. The van der Waals surface area contributed by atoms with Gasteiger partial charge in [0.1, 0.15) is 0 Å². The standard InChI is InChI=1S/C18H8F19NO7S/c19-10(20)12(23,24)14(27,28)15(29,30)13(25,26)11(21,22)5-45-9(39)4-44-8-2-1-6(3-7(8)38(40)41)46(42,43)18(36,37)16(31,32)17(33,34)35/h1-3,10H,4-5H2. The molecule has 0 unspecified atom stereocenters. The fourth-order valence-corrected chi connectivity index (χ4v) is 3.89. The van der Waals surface area contributed by atoms with Gasteiger partial charge in [0.25, 0.3) is 9.84 Å². The van der Waals surface area contributed by atoms with Crippen LogP contribution in [-0.2, 0) is 19.4 Å². The number of nitrogens with zero attached hydrogens (tertiary/aromatic N) is 1. The monoisotopic (exact) mass is 743 g/mol. The summed E-state index contributed by atoms with van der Waals surface area (Å²) >= 11 is 0. The van der Waals surface area contributed by atoms with E-state index in [2.05, 4.69) is 9.47 Å². The molecule has 0 spiro atoms. The van der Waals surface area contributed by atoms with Gasteiger partial charge >= 0.3 is 65.0 Å². The molecule has 0 aliphatic rings. The molecule has 0 aliphatic heterocycles.